The molecule has 4 heteroatoms. The Hall–Kier alpha value is -1.52. The molecule has 1 aromatic carbocycles. The summed E-state index contributed by atoms with van der Waals surface area (Å²) in [7, 11) is 0. The fraction of sp³-hybridized carbons (Fsp3) is 0.333. The average molecular weight is 217 g/mol. The maximum atomic E-state index is 8.89. The number of aliphatic hydroxyl groups is 1. The zero-order valence-corrected chi connectivity index (χ0v) is 9.22. The molecule has 1 aromatic heterocycles. The third-order valence-electron chi connectivity index (χ3n) is 2.40. The first-order valence-corrected chi connectivity index (χ1v) is 5.34. The number of nitrogens with one attached hydrogen (secondary N) is 1. The number of aromatic nitrogens is 2. The molecule has 0 unspecified atom stereocenters. The molecule has 0 fully saturated rings. The van der Waals surface area contributed by atoms with Crippen LogP contribution in [-0.2, 0) is 6.54 Å². The summed E-state index contributed by atoms with van der Waals surface area (Å²) in [6.07, 6.45) is 1.76. The maximum absolute atomic E-state index is 8.89. The second kappa shape index (κ2) is 5.01. The third-order valence-corrected chi connectivity index (χ3v) is 2.40. The maximum Gasteiger partial charge on any atom is 0.0890 e. The van der Waals surface area contributed by atoms with E-state index in [1.165, 1.54) is 0 Å². The van der Waals surface area contributed by atoms with Crippen LogP contribution < -0.4 is 5.32 Å². The van der Waals surface area contributed by atoms with Gasteiger partial charge in [0.25, 0.3) is 0 Å². The Morgan fingerprint density at radius 3 is 2.81 bits per heavy atom. The van der Waals surface area contributed by atoms with Gasteiger partial charge in [-0.25, -0.2) is 4.98 Å². The SMILES string of the molecule is C[C@H](CO)NCc1cnc2ccccc2n1. The number of benzene rings is 1. The van der Waals surface area contributed by atoms with Crippen LogP contribution in [-0.4, -0.2) is 27.7 Å². The first-order valence-electron chi connectivity index (χ1n) is 5.34. The van der Waals surface area contributed by atoms with Crippen LogP contribution >= 0.6 is 0 Å². The average Bonchev–Trinajstić information content (AvgIpc) is 2.35. The number of fused-ring (bicyclic) bond motifs is 1. The van der Waals surface area contributed by atoms with Crippen LogP contribution in [0.2, 0.25) is 0 Å². The molecule has 16 heavy (non-hydrogen) atoms. The molecular formula is C12H15N3O. The van der Waals surface area contributed by atoms with Crippen molar-refractivity contribution in [1.82, 2.24) is 15.3 Å². The van der Waals surface area contributed by atoms with Crippen molar-refractivity contribution in [2.45, 2.75) is 19.5 Å². The first-order chi connectivity index (χ1) is 7.79. The van der Waals surface area contributed by atoms with E-state index in [0.717, 1.165) is 16.7 Å². The molecule has 84 valence electrons. The largest absolute Gasteiger partial charge is 0.395 e. The summed E-state index contributed by atoms with van der Waals surface area (Å²) in [5.41, 5.74) is 2.69. The van der Waals surface area contributed by atoms with Gasteiger partial charge < -0.3 is 10.4 Å². The molecule has 0 aliphatic heterocycles. The lowest BCUT2D eigenvalue weighted by molar-refractivity contribution is 0.250. The molecule has 0 aliphatic carbocycles. The monoisotopic (exact) mass is 217 g/mol. The van der Waals surface area contributed by atoms with Crippen molar-refractivity contribution in [2.75, 3.05) is 6.61 Å². The van der Waals surface area contributed by atoms with Gasteiger partial charge in [0, 0.05) is 12.6 Å². The number of aliphatic hydroxyl groups excluding tert-OH is 1. The molecule has 2 aromatic rings. The minimum atomic E-state index is 0.0771. The molecule has 0 spiro atoms. The van der Waals surface area contributed by atoms with Gasteiger partial charge in [-0.3, -0.25) is 4.98 Å². The van der Waals surface area contributed by atoms with Gasteiger partial charge in [-0.15, -0.1) is 0 Å². The van der Waals surface area contributed by atoms with Crippen LogP contribution in [0.4, 0.5) is 0 Å². The molecule has 2 rings (SSSR count). The second-order valence-electron chi connectivity index (χ2n) is 3.81. The zero-order valence-electron chi connectivity index (χ0n) is 9.22. The molecular weight excluding hydrogens is 202 g/mol. The van der Waals surface area contributed by atoms with Gasteiger partial charge in [0.2, 0.25) is 0 Å². The van der Waals surface area contributed by atoms with Gasteiger partial charge >= 0.3 is 0 Å². The number of para-hydroxylation sites is 2. The van der Waals surface area contributed by atoms with Gasteiger partial charge in [0.05, 0.1) is 29.5 Å². The van der Waals surface area contributed by atoms with Crippen molar-refractivity contribution in [3.63, 3.8) is 0 Å². The molecule has 1 heterocycles. The van der Waals surface area contributed by atoms with Crippen molar-refractivity contribution in [2.24, 2.45) is 0 Å². The summed E-state index contributed by atoms with van der Waals surface area (Å²) >= 11 is 0. The first kappa shape index (κ1) is 11.0. The van der Waals surface area contributed by atoms with Crippen LogP contribution in [0, 0.1) is 0 Å². The topological polar surface area (TPSA) is 58.0 Å². The fourth-order valence-electron chi connectivity index (χ4n) is 1.42. The predicted molar refractivity (Wildman–Crippen MR) is 62.9 cm³/mol. The number of hydrogen-bond acceptors (Lipinski definition) is 4. The quantitative estimate of drug-likeness (QED) is 0.805. The van der Waals surface area contributed by atoms with E-state index >= 15 is 0 Å². The Morgan fingerprint density at radius 2 is 2.06 bits per heavy atom. The van der Waals surface area contributed by atoms with E-state index in [-0.39, 0.29) is 12.6 Å². The summed E-state index contributed by atoms with van der Waals surface area (Å²) in [4.78, 5) is 8.79. The van der Waals surface area contributed by atoms with Gasteiger partial charge in [0.1, 0.15) is 0 Å². The Morgan fingerprint density at radius 1 is 1.31 bits per heavy atom. The molecule has 0 bridgehead atoms. The third kappa shape index (κ3) is 2.53. The van der Waals surface area contributed by atoms with Crippen molar-refractivity contribution >= 4 is 11.0 Å². The van der Waals surface area contributed by atoms with E-state index in [1.54, 1.807) is 6.20 Å². The standard InChI is InChI=1S/C12H15N3O/c1-9(8-16)13-6-10-7-14-11-4-2-3-5-12(11)15-10/h2-5,7,9,13,16H,6,8H2,1H3/t9-/m1/s1. The Balaban J connectivity index is 2.13. The molecule has 4 nitrogen and oxygen atoms in total. The summed E-state index contributed by atoms with van der Waals surface area (Å²) < 4.78 is 0. The lowest BCUT2D eigenvalue weighted by Crippen LogP contribution is -2.29. The Bertz CT molecular complexity index is 473. The lowest BCUT2D eigenvalue weighted by atomic mass is 10.3. The Kier molecular flexibility index (Phi) is 3.44. The van der Waals surface area contributed by atoms with Crippen molar-refractivity contribution in [3.05, 3.63) is 36.2 Å². The van der Waals surface area contributed by atoms with E-state index in [2.05, 4.69) is 15.3 Å². The lowest BCUT2D eigenvalue weighted by Gasteiger charge is -2.09. The number of nitrogens with zero attached hydrogens (tertiary/aromatic N) is 2. The van der Waals surface area contributed by atoms with Crippen molar-refractivity contribution in [3.8, 4) is 0 Å². The normalized spacial score (nSPS) is 12.9. The number of rotatable bonds is 4. The zero-order chi connectivity index (χ0) is 11.4. The van der Waals surface area contributed by atoms with Crippen LogP contribution in [0.25, 0.3) is 11.0 Å². The second-order valence-corrected chi connectivity index (χ2v) is 3.81. The highest BCUT2D eigenvalue weighted by Gasteiger charge is 2.01. The summed E-state index contributed by atoms with van der Waals surface area (Å²) in [5, 5.41) is 12.0. The van der Waals surface area contributed by atoms with Gasteiger partial charge in [-0.2, -0.15) is 0 Å². The molecule has 0 aliphatic rings. The van der Waals surface area contributed by atoms with Crippen LogP contribution in [0.5, 0.6) is 0 Å². The summed E-state index contributed by atoms with van der Waals surface area (Å²) in [6.45, 7) is 2.68. The van der Waals surface area contributed by atoms with Gasteiger partial charge in [-0.1, -0.05) is 12.1 Å². The molecule has 1 atom stereocenters. The minimum Gasteiger partial charge on any atom is -0.395 e. The van der Waals surface area contributed by atoms with E-state index < -0.39 is 0 Å². The smallest absolute Gasteiger partial charge is 0.0890 e. The van der Waals surface area contributed by atoms with E-state index in [4.69, 9.17) is 5.11 Å². The minimum absolute atomic E-state index is 0.0771. The number of hydrogen-bond donors (Lipinski definition) is 2. The highest BCUT2D eigenvalue weighted by Crippen LogP contribution is 2.08. The van der Waals surface area contributed by atoms with E-state index in [1.807, 2.05) is 31.2 Å². The van der Waals surface area contributed by atoms with E-state index in [9.17, 15) is 0 Å². The molecule has 2 N–H and O–H groups in total. The Labute approximate surface area is 94.4 Å². The summed E-state index contributed by atoms with van der Waals surface area (Å²) in [6, 6.07) is 7.86. The molecule has 0 amide bonds. The highest BCUT2D eigenvalue weighted by molar-refractivity contribution is 5.73. The van der Waals surface area contributed by atoms with Gasteiger partial charge in [-0.05, 0) is 19.1 Å². The van der Waals surface area contributed by atoms with E-state index in [0.29, 0.717) is 6.54 Å². The van der Waals surface area contributed by atoms with Crippen molar-refractivity contribution < 1.29 is 5.11 Å². The molecule has 0 radical (unpaired) electrons. The van der Waals surface area contributed by atoms with Crippen LogP contribution in [0.15, 0.2) is 30.5 Å². The summed E-state index contributed by atoms with van der Waals surface area (Å²) in [5.74, 6) is 0. The van der Waals surface area contributed by atoms with Crippen LogP contribution in [0.1, 0.15) is 12.6 Å². The molecule has 0 saturated heterocycles. The van der Waals surface area contributed by atoms with Gasteiger partial charge in [0.15, 0.2) is 0 Å². The van der Waals surface area contributed by atoms with Crippen LogP contribution in [0.3, 0.4) is 0 Å². The molecule has 0 saturated carbocycles. The highest BCUT2D eigenvalue weighted by atomic mass is 16.3. The fourth-order valence-corrected chi connectivity index (χ4v) is 1.42. The predicted octanol–water partition coefficient (Wildman–Crippen LogP) is 1.10. The van der Waals surface area contributed by atoms with Crippen molar-refractivity contribution in [1.29, 1.82) is 0 Å².